The number of aromatic nitrogens is 2. The molecule has 1 saturated heterocycles. The van der Waals surface area contributed by atoms with Gasteiger partial charge in [0.25, 0.3) is 11.8 Å². The van der Waals surface area contributed by atoms with Crippen molar-refractivity contribution in [2.75, 3.05) is 68.8 Å². The summed E-state index contributed by atoms with van der Waals surface area (Å²) < 4.78 is 19.4. The molecule has 2 amide bonds. The lowest BCUT2D eigenvalue weighted by molar-refractivity contribution is -0.117. The number of hydrazone groups is 1. The van der Waals surface area contributed by atoms with Gasteiger partial charge in [-0.3, -0.25) is 24.6 Å². The van der Waals surface area contributed by atoms with Crippen molar-refractivity contribution in [3.63, 3.8) is 0 Å². The van der Waals surface area contributed by atoms with Gasteiger partial charge in [-0.15, -0.1) is 0 Å². The highest BCUT2D eigenvalue weighted by atomic mass is 127. The van der Waals surface area contributed by atoms with Crippen LogP contribution in [0, 0.1) is 7.14 Å². The van der Waals surface area contributed by atoms with E-state index in [1.807, 2.05) is 71.6 Å². The number of nitrogens with zero attached hydrogens (tertiary/aromatic N) is 6. The van der Waals surface area contributed by atoms with Crippen LogP contribution in [0.5, 0.6) is 11.5 Å². The van der Waals surface area contributed by atoms with Crippen molar-refractivity contribution in [3.8, 4) is 17.2 Å². The number of morpholine rings is 1. The number of carbonyl (C=O) groups is 4. The van der Waals surface area contributed by atoms with Gasteiger partial charge in [0, 0.05) is 70.2 Å². The van der Waals surface area contributed by atoms with Crippen LogP contribution >= 0.6 is 56.8 Å². The van der Waals surface area contributed by atoms with Gasteiger partial charge in [0.05, 0.1) is 44.5 Å². The van der Waals surface area contributed by atoms with E-state index in [2.05, 4.69) is 71.8 Å². The van der Waals surface area contributed by atoms with E-state index in [0.29, 0.717) is 60.4 Å². The molecule has 4 aromatic carbocycles. The summed E-state index contributed by atoms with van der Waals surface area (Å²) in [6, 6.07) is 30.3. The number of ketones is 2. The van der Waals surface area contributed by atoms with Gasteiger partial charge in [-0.1, -0.05) is 23.7 Å². The minimum absolute atomic E-state index is 0.0854. The third-order valence-electron chi connectivity index (χ3n) is 10.1. The molecule has 0 saturated carbocycles. The third-order valence-corrected chi connectivity index (χ3v) is 11.9. The maximum atomic E-state index is 13.4. The van der Waals surface area contributed by atoms with Gasteiger partial charge in [0.1, 0.15) is 22.9 Å². The molecule has 0 bridgehead atoms. The van der Waals surface area contributed by atoms with E-state index in [-0.39, 0.29) is 28.6 Å². The third kappa shape index (κ3) is 12.0. The number of Topliss-reactive ketones (excluding diaryl/α,β-unsaturated/α-hetero) is 2. The van der Waals surface area contributed by atoms with Gasteiger partial charge in [0.2, 0.25) is 0 Å². The molecule has 5 aromatic rings. The van der Waals surface area contributed by atoms with Crippen molar-refractivity contribution < 1.29 is 33.4 Å². The number of hydrogen-bond donors (Lipinski definition) is 1. The first-order valence-corrected chi connectivity index (χ1v) is 22.5. The second-order valence-electron chi connectivity index (χ2n) is 14.2. The van der Waals surface area contributed by atoms with Crippen molar-refractivity contribution in [1.29, 1.82) is 0 Å². The molecule has 0 aliphatic carbocycles. The van der Waals surface area contributed by atoms with Gasteiger partial charge in [-0.25, -0.2) is 4.68 Å². The average molecular weight is 1100 g/mol. The Balaban J connectivity index is 0.000000166. The average Bonchev–Trinajstić information content (AvgIpc) is 3.71. The van der Waals surface area contributed by atoms with E-state index in [0.717, 1.165) is 52.3 Å². The summed E-state index contributed by atoms with van der Waals surface area (Å²) in [5, 5.41) is 8.10. The summed E-state index contributed by atoms with van der Waals surface area (Å²) >= 11 is 10.1. The monoisotopic (exact) mass is 1100 g/mol. The molecule has 63 heavy (non-hydrogen) atoms. The summed E-state index contributed by atoms with van der Waals surface area (Å²) in [5.41, 5.74) is 8.24. The van der Waals surface area contributed by atoms with Gasteiger partial charge in [0.15, 0.2) is 16.7 Å². The highest BCUT2D eigenvalue weighted by Crippen LogP contribution is 2.30. The topological polar surface area (TPSA) is 148 Å². The number of nitrogens with one attached hydrogen (secondary N) is 1. The zero-order chi connectivity index (χ0) is 45.0. The molecule has 3 aliphatic rings. The molecule has 8 rings (SSSR count). The Morgan fingerprint density at radius 1 is 0.762 bits per heavy atom. The van der Waals surface area contributed by atoms with Crippen LogP contribution in [-0.2, 0) is 20.7 Å². The van der Waals surface area contributed by atoms with Crippen LogP contribution in [-0.4, -0.2) is 96.8 Å². The Morgan fingerprint density at radius 2 is 1.35 bits per heavy atom. The van der Waals surface area contributed by atoms with Gasteiger partial charge >= 0.3 is 0 Å². The number of fused-ring (bicyclic) bond motifs is 1. The Kier molecular flexibility index (Phi) is 16.7. The van der Waals surface area contributed by atoms with E-state index in [1.54, 1.807) is 54.1 Å². The molecule has 17 heteroatoms. The number of ether oxygens (including phenoxy) is 3. The van der Waals surface area contributed by atoms with Crippen LogP contribution in [0.4, 0.5) is 17.1 Å². The fourth-order valence-corrected chi connectivity index (χ4v) is 7.66. The Bertz CT molecular complexity index is 2490. The molecule has 3 aliphatic heterocycles. The molecule has 0 atom stereocenters. The molecule has 328 valence electrons. The minimum atomic E-state index is -0.285. The van der Waals surface area contributed by atoms with Gasteiger partial charge in [-0.05, 0) is 143 Å². The Labute approximate surface area is 398 Å². The summed E-state index contributed by atoms with van der Waals surface area (Å²) in [7, 11) is 3.17. The maximum Gasteiger partial charge on any atom is 0.277 e. The predicted octanol–water partition coefficient (Wildman–Crippen LogP) is 8.38. The Hall–Kier alpha value is -5.31. The van der Waals surface area contributed by atoms with Crippen LogP contribution in [0.15, 0.2) is 114 Å². The van der Waals surface area contributed by atoms with Crippen LogP contribution in [0.1, 0.15) is 46.8 Å². The number of carbonyl (C=O) groups excluding carboxylic acids is 4. The van der Waals surface area contributed by atoms with Crippen molar-refractivity contribution >= 4 is 102 Å². The van der Waals surface area contributed by atoms with E-state index < -0.39 is 0 Å². The first-order valence-electron chi connectivity index (χ1n) is 20.0. The second kappa shape index (κ2) is 22.4. The predicted molar refractivity (Wildman–Crippen MR) is 262 cm³/mol. The standard InChI is InChI=1S/C21H18IN3O3.C15H17IN2O2.C10H11ClN2O2/c1-13(26)19-18-11-12-24(15-5-3-14(22)4-6-15)21(27)20(18)25(23-19)16-7-9-17(28-2)10-8-16;16-12-3-5-13(6-4-12)18-7-1-2-14(15(18)19)17-8-10-20-11-9-17;1-7(14)10(11)13-12-8-4-3-5-9(6-8)15-2/h3-10H,11-12H2,1-2H3;2-6H,1,7-11H2;3-6,12H,1-2H3/b;;13-10-. The maximum absolute atomic E-state index is 13.4. The fraction of sp³-hybridized carbons (Fsp3) is 0.261. The summed E-state index contributed by atoms with van der Waals surface area (Å²) in [6.07, 6.45) is 3.55. The number of benzene rings is 4. The zero-order valence-electron chi connectivity index (χ0n) is 35.1. The van der Waals surface area contributed by atoms with Crippen molar-refractivity contribution in [1.82, 2.24) is 14.7 Å². The van der Waals surface area contributed by atoms with Crippen molar-refractivity contribution in [2.24, 2.45) is 5.10 Å². The lowest BCUT2D eigenvalue weighted by atomic mass is 10.0. The molecule has 14 nitrogen and oxygen atoms in total. The largest absolute Gasteiger partial charge is 0.497 e. The lowest BCUT2D eigenvalue weighted by Gasteiger charge is -2.35. The fourth-order valence-electron chi connectivity index (χ4n) is 6.90. The first kappa shape index (κ1) is 47.2. The molecule has 4 heterocycles. The quantitative estimate of drug-likeness (QED) is 0.0626. The molecule has 1 N–H and O–H groups in total. The number of anilines is 3. The van der Waals surface area contributed by atoms with Crippen LogP contribution < -0.4 is 24.7 Å². The van der Waals surface area contributed by atoms with Crippen LogP contribution in [0.3, 0.4) is 0 Å². The number of methoxy groups -OCH3 is 2. The zero-order valence-corrected chi connectivity index (χ0v) is 40.2. The smallest absolute Gasteiger partial charge is 0.277 e. The van der Waals surface area contributed by atoms with Crippen molar-refractivity contribution in [2.45, 2.75) is 26.7 Å². The molecule has 0 spiro atoms. The minimum Gasteiger partial charge on any atom is -0.497 e. The van der Waals surface area contributed by atoms with Crippen LogP contribution in [0.2, 0.25) is 0 Å². The highest BCUT2D eigenvalue weighted by molar-refractivity contribution is 14.1. The summed E-state index contributed by atoms with van der Waals surface area (Å²) in [4.78, 5) is 54.7. The highest BCUT2D eigenvalue weighted by Gasteiger charge is 2.34. The summed E-state index contributed by atoms with van der Waals surface area (Å²) in [6.45, 7) is 7.11. The molecular formula is C46H46ClI2N7O7. The molecular weight excluding hydrogens is 1050 g/mol. The Morgan fingerprint density at radius 3 is 1.92 bits per heavy atom. The van der Waals surface area contributed by atoms with E-state index in [9.17, 15) is 19.2 Å². The molecule has 0 unspecified atom stereocenters. The van der Waals surface area contributed by atoms with Crippen molar-refractivity contribution in [3.05, 3.63) is 133 Å². The molecule has 0 radical (unpaired) electrons. The van der Waals surface area contributed by atoms with E-state index >= 15 is 0 Å². The van der Waals surface area contributed by atoms with E-state index in [1.165, 1.54) is 17.4 Å². The summed E-state index contributed by atoms with van der Waals surface area (Å²) in [5.74, 6) is 0.946. The number of hydrogen-bond acceptors (Lipinski definition) is 11. The second-order valence-corrected chi connectivity index (χ2v) is 17.1. The lowest BCUT2D eigenvalue weighted by Crippen LogP contribution is -2.45. The number of amides is 2. The SMILES string of the molecule is COc1ccc(-n2nc(C(C)=O)c3c2C(=O)N(c2ccc(I)cc2)CC3)cc1.COc1cccc(N/N=C(\Cl)C(C)=O)c1.O=C1C(N2CCOCC2)=CCCN1c1ccc(I)cc1. The number of halogens is 3. The normalized spacial score (nSPS) is 14.9. The van der Waals surface area contributed by atoms with Gasteiger partial charge in [-0.2, -0.15) is 10.2 Å². The first-order chi connectivity index (χ1) is 30.4. The number of rotatable bonds is 10. The van der Waals surface area contributed by atoms with Gasteiger partial charge < -0.3 is 28.9 Å². The van der Waals surface area contributed by atoms with E-state index in [4.69, 9.17) is 25.8 Å². The van der Waals surface area contributed by atoms with Crippen LogP contribution in [0.25, 0.3) is 5.69 Å². The molecule has 1 aromatic heterocycles. The molecule has 1 fully saturated rings.